The number of anilines is 1. The Balaban J connectivity index is 1.52. The van der Waals surface area contributed by atoms with Crippen LogP contribution >= 0.6 is 0 Å². The first-order valence-corrected chi connectivity index (χ1v) is 9.18. The summed E-state index contributed by atoms with van der Waals surface area (Å²) in [6.07, 6.45) is 0. The monoisotopic (exact) mass is 371 g/mol. The Kier molecular flexibility index (Phi) is 5.78. The number of para-hydroxylation sites is 1. The second-order valence-electron chi connectivity index (χ2n) is 6.94. The smallest absolute Gasteiger partial charge is 0.344 e. The van der Waals surface area contributed by atoms with E-state index in [0.717, 1.165) is 18.8 Å². The fraction of sp³-hybridized carbons (Fsp3) is 0.450. The molecule has 7 nitrogen and oxygen atoms in total. The standard InChI is InChI=1S/C20H25N3O4/c1-14(2)19-18(15(3)21-27-19)20(25)26-13-17(24)23-11-9-22(10-12-23)16-7-5-4-6-8-16/h4-8,14H,9-13H2,1-3H3. The Labute approximate surface area is 158 Å². The zero-order valence-electron chi connectivity index (χ0n) is 16.0. The molecule has 7 heteroatoms. The molecular formula is C20H25N3O4. The maximum Gasteiger partial charge on any atom is 0.344 e. The third kappa shape index (κ3) is 4.30. The van der Waals surface area contributed by atoms with Crippen molar-refractivity contribution in [1.29, 1.82) is 0 Å². The zero-order chi connectivity index (χ0) is 19.4. The van der Waals surface area contributed by atoms with E-state index >= 15 is 0 Å². The number of esters is 1. The number of piperazine rings is 1. The molecule has 1 aliphatic rings. The number of hydrogen-bond donors (Lipinski definition) is 0. The number of nitrogens with zero attached hydrogens (tertiary/aromatic N) is 3. The second kappa shape index (κ2) is 8.24. The molecule has 1 aliphatic heterocycles. The molecule has 2 heterocycles. The van der Waals surface area contributed by atoms with E-state index in [0.29, 0.717) is 30.1 Å². The number of carbonyl (C=O) groups is 2. The van der Waals surface area contributed by atoms with Gasteiger partial charge in [-0.05, 0) is 19.1 Å². The van der Waals surface area contributed by atoms with Crippen LogP contribution in [0, 0.1) is 6.92 Å². The van der Waals surface area contributed by atoms with Crippen molar-refractivity contribution < 1.29 is 18.8 Å². The summed E-state index contributed by atoms with van der Waals surface area (Å²) in [5.74, 6) is -0.248. The molecule has 1 saturated heterocycles. The number of carbonyl (C=O) groups excluding carboxylic acids is 2. The van der Waals surface area contributed by atoms with Crippen LogP contribution in [0.25, 0.3) is 0 Å². The zero-order valence-corrected chi connectivity index (χ0v) is 16.0. The van der Waals surface area contributed by atoms with Crippen molar-refractivity contribution in [3.8, 4) is 0 Å². The lowest BCUT2D eigenvalue weighted by Gasteiger charge is -2.36. The summed E-state index contributed by atoms with van der Waals surface area (Å²) in [5.41, 5.74) is 1.96. The van der Waals surface area contributed by atoms with Gasteiger partial charge in [-0.1, -0.05) is 37.2 Å². The Hall–Kier alpha value is -2.83. The lowest BCUT2D eigenvalue weighted by molar-refractivity contribution is -0.134. The maximum absolute atomic E-state index is 12.4. The van der Waals surface area contributed by atoms with Gasteiger partial charge >= 0.3 is 5.97 Å². The fourth-order valence-corrected chi connectivity index (χ4v) is 3.17. The largest absolute Gasteiger partial charge is 0.452 e. The highest BCUT2D eigenvalue weighted by atomic mass is 16.5. The molecule has 1 aromatic heterocycles. The van der Waals surface area contributed by atoms with E-state index < -0.39 is 5.97 Å². The summed E-state index contributed by atoms with van der Waals surface area (Å²) in [6.45, 7) is 7.96. The summed E-state index contributed by atoms with van der Waals surface area (Å²) in [7, 11) is 0. The highest BCUT2D eigenvalue weighted by Crippen LogP contribution is 2.23. The van der Waals surface area contributed by atoms with Gasteiger partial charge < -0.3 is 19.1 Å². The van der Waals surface area contributed by atoms with Gasteiger partial charge in [0.05, 0.1) is 5.69 Å². The molecule has 0 N–H and O–H groups in total. The van der Waals surface area contributed by atoms with Crippen molar-refractivity contribution in [1.82, 2.24) is 10.1 Å². The molecule has 3 rings (SSSR count). The minimum absolute atomic E-state index is 0.00974. The van der Waals surface area contributed by atoms with Crippen LogP contribution < -0.4 is 4.90 Å². The average Bonchev–Trinajstić information content (AvgIpc) is 3.08. The first-order valence-electron chi connectivity index (χ1n) is 9.18. The van der Waals surface area contributed by atoms with Gasteiger partial charge in [0.25, 0.3) is 5.91 Å². The SMILES string of the molecule is Cc1noc(C(C)C)c1C(=O)OCC(=O)N1CCN(c2ccccc2)CC1. The molecule has 0 saturated carbocycles. The van der Waals surface area contributed by atoms with E-state index in [1.807, 2.05) is 32.0 Å². The third-order valence-electron chi connectivity index (χ3n) is 4.70. The van der Waals surface area contributed by atoms with E-state index in [1.54, 1.807) is 11.8 Å². The quantitative estimate of drug-likeness (QED) is 0.752. The fourth-order valence-electron chi connectivity index (χ4n) is 3.17. The van der Waals surface area contributed by atoms with E-state index in [1.165, 1.54) is 0 Å². The number of amides is 1. The highest BCUT2D eigenvalue weighted by Gasteiger charge is 2.26. The number of aryl methyl sites for hydroxylation is 1. The number of benzene rings is 1. The van der Waals surface area contributed by atoms with Crippen LogP contribution in [0.5, 0.6) is 0 Å². The van der Waals surface area contributed by atoms with Crippen LogP contribution in [0.15, 0.2) is 34.9 Å². The highest BCUT2D eigenvalue weighted by molar-refractivity contribution is 5.93. The van der Waals surface area contributed by atoms with E-state index in [-0.39, 0.29) is 18.4 Å². The van der Waals surface area contributed by atoms with Gasteiger partial charge in [0, 0.05) is 37.8 Å². The molecule has 0 atom stereocenters. The summed E-state index contributed by atoms with van der Waals surface area (Å²) in [4.78, 5) is 28.8. The number of rotatable bonds is 5. The van der Waals surface area contributed by atoms with Crippen LogP contribution in [0.4, 0.5) is 5.69 Å². The van der Waals surface area contributed by atoms with Crippen molar-refractivity contribution in [2.45, 2.75) is 26.7 Å². The molecule has 0 unspecified atom stereocenters. The van der Waals surface area contributed by atoms with Crippen molar-refractivity contribution in [2.24, 2.45) is 0 Å². The van der Waals surface area contributed by atoms with Gasteiger partial charge in [0.15, 0.2) is 12.4 Å². The second-order valence-corrected chi connectivity index (χ2v) is 6.94. The van der Waals surface area contributed by atoms with Crippen molar-refractivity contribution >= 4 is 17.6 Å². The predicted octanol–water partition coefficient (Wildman–Crippen LogP) is 2.61. The van der Waals surface area contributed by atoms with Gasteiger partial charge in [0.1, 0.15) is 5.56 Å². The predicted molar refractivity (Wildman–Crippen MR) is 101 cm³/mol. The number of ether oxygens (including phenoxy) is 1. The third-order valence-corrected chi connectivity index (χ3v) is 4.70. The first-order chi connectivity index (χ1) is 13.0. The van der Waals surface area contributed by atoms with Crippen LogP contribution in [-0.2, 0) is 9.53 Å². The van der Waals surface area contributed by atoms with Crippen LogP contribution in [0.3, 0.4) is 0 Å². The molecule has 1 aromatic carbocycles. The Morgan fingerprint density at radius 1 is 1.15 bits per heavy atom. The maximum atomic E-state index is 12.4. The molecule has 0 spiro atoms. The minimum atomic E-state index is -0.561. The van der Waals surface area contributed by atoms with Gasteiger partial charge in [-0.15, -0.1) is 0 Å². The summed E-state index contributed by atoms with van der Waals surface area (Å²) in [6, 6.07) is 10.1. The number of aromatic nitrogens is 1. The van der Waals surface area contributed by atoms with Crippen molar-refractivity contribution in [2.75, 3.05) is 37.7 Å². The molecule has 144 valence electrons. The van der Waals surface area contributed by atoms with Crippen LogP contribution in [0.1, 0.15) is 41.6 Å². The molecule has 27 heavy (non-hydrogen) atoms. The van der Waals surface area contributed by atoms with Gasteiger partial charge in [-0.25, -0.2) is 4.79 Å². The molecule has 2 aromatic rings. The molecular weight excluding hydrogens is 346 g/mol. The van der Waals surface area contributed by atoms with Crippen molar-refractivity contribution in [3.05, 3.63) is 47.3 Å². The average molecular weight is 371 g/mol. The Morgan fingerprint density at radius 2 is 1.81 bits per heavy atom. The van der Waals surface area contributed by atoms with Gasteiger partial charge in [0.2, 0.25) is 0 Å². The first kappa shape index (κ1) is 18.9. The molecule has 0 aliphatic carbocycles. The lowest BCUT2D eigenvalue weighted by Crippen LogP contribution is -2.49. The minimum Gasteiger partial charge on any atom is -0.452 e. The van der Waals surface area contributed by atoms with Crippen LogP contribution in [-0.4, -0.2) is 54.7 Å². The van der Waals surface area contributed by atoms with E-state index in [9.17, 15) is 9.59 Å². The van der Waals surface area contributed by atoms with E-state index in [2.05, 4.69) is 22.2 Å². The molecule has 1 amide bonds. The summed E-state index contributed by atoms with van der Waals surface area (Å²) >= 11 is 0. The lowest BCUT2D eigenvalue weighted by atomic mass is 10.1. The summed E-state index contributed by atoms with van der Waals surface area (Å²) < 4.78 is 10.4. The number of hydrogen-bond acceptors (Lipinski definition) is 6. The molecule has 1 fully saturated rings. The van der Waals surface area contributed by atoms with Gasteiger partial charge in [-0.2, -0.15) is 0 Å². The Morgan fingerprint density at radius 3 is 2.44 bits per heavy atom. The Bertz CT molecular complexity index is 793. The molecule has 0 radical (unpaired) electrons. The molecule has 0 bridgehead atoms. The topological polar surface area (TPSA) is 75.9 Å². The van der Waals surface area contributed by atoms with Crippen LogP contribution in [0.2, 0.25) is 0 Å². The van der Waals surface area contributed by atoms with Crippen molar-refractivity contribution in [3.63, 3.8) is 0 Å². The van der Waals surface area contributed by atoms with Gasteiger partial charge in [-0.3, -0.25) is 4.79 Å². The normalized spacial score (nSPS) is 14.5. The summed E-state index contributed by atoms with van der Waals surface area (Å²) in [5, 5.41) is 3.84. The van der Waals surface area contributed by atoms with E-state index in [4.69, 9.17) is 9.26 Å².